The molecule has 0 aliphatic carbocycles. The van der Waals surface area contributed by atoms with E-state index in [1.165, 1.54) is 0 Å². The minimum atomic E-state index is -0.232. The molecular formula is C12H19N3O2. The van der Waals surface area contributed by atoms with E-state index in [-0.39, 0.29) is 16.8 Å². The maximum atomic E-state index is 11.3. The molecule has 0 amide bonds. The van der Waals surface area contributed by atoms with Gasteiger partial charge in [0.2, 0.25) is 0 Å². The molecule has 1 N–H and O–H groups in total. The molecule has 1 fully saturated rings. The Morgan fingerprint density at radius 3 is 2.41 bits per heavy atom. The highest BCUT2D eigenvalue weighted by Gasteiger charge is 2.38. The molecule has 17 heavy (non-hydrogen) atoms. The predicted molar refractivity (Wildman–Crippen MR) is 66.3 cm³/mol. The highest BCUT2D eigenvalue weighted by atomic mass is 16.5. The van der Waals surface area contributed by atoms with Crippen molar-refractivity contribution in [1.82, 2.24) is 10.2 Å². The third-order valence-corrected chi connectivity index (χ3v) is 2.71. The Bertz CT molecular complexity index is 449. The Morgan fingerprint density at radius 2 is 1.88 bits per heavy atom. The normalized spacial score (nSPS) is 22.5. The van der Waals surface area contributed by atoms with Crippen LogP contribution in [0.1, 0.15) is 27.7 Å². The molecule has 5 nitrogen and oxygen atoms in total. The molecule has 0 unspecified atom stereocenters. The quantitative estimate of drug-likeness (QED) is 0.796. The van der Waals surface area contributed by atoms with Crippen molar-refractivity contribution in [3.8, 4) is 0 Å². The van der Waals surface area contributed by atoms with Crippen molar-refractivity contribution in [3.05, 3.63) is 22.6 Å². The third-order valence-electron chi connectivity index (χ3n) is 2.71. The van der Waals surface area contributed by atoms with Gasteiger partial charge in [0.05, 0.1) is 23.1 Å². The second-order valence-corrected chi connectivity index (χ2v) is 5.78. The van der Waals surface area contributed by atoms with Gasteiger partial charge in [0.15, 0.2) is 0 Å². The maximum Gasteiger partial charge on any atom is 0.266 e. The van der Waals surface area contributed by atoms with Gasteiger partial charge in [-0.05, 0) is 27.7 Å². The van der Waals surface area contributed by atoms with Crippen LogP contribution >= 0.6 is 0 Å². The molecule has 1 aromatic rings. The van der Waals surface area contributed by atoms with E-state index in [4.69, 9.17) is 4.74 Å². The molecule has 2 heterocycles. The van der Waals surface area contributed by atoms with Crippen molar-refractivity contribution in [2.75, 3.05) is 18.0 Å². The number of anilines is 1. The smallest absolute Gasteiger partial charge is 0.266 e. The first kappa shape index (κ1) is 12.1. The standard InChI is InChI=1S/C12H19N3O2/c1-11(2)7-15(8-12(3,4)17-11)9-5-10(16)14-13-6-9/h5-6H,7-8H2,1-4H3,(H,14,16). The van der Waals surface area contributed by atoms with Crippen LogP contribution in [-0.2, 0) is 4.74 Å². The van der Waals surface area contributed by atoms with Gasteiger partial charge in [-0.15, -0.1) is 0 Å². The molecule has 2 rings (SSSR count). The minimum absolute atomic E-state index is 0.176. The number of hydrogen-bond acceptors (Lipinski definition) is 4. The van der Waals surface area contributed by atoms with Crippen LogP contribution < -0.4 is 10.5 Å². The van der Waals surface area contributed by atoms with E-state index in [9.17, 15) is 4.79 Å². The lowest BCUT2D eigenvalue weighted by Gasteiger charge is -2.47. The molecule has 0 aromatic carbocycles. The molecule has 1 aliphatic heterocycles. The highest BCUT2D eigenvalue weighted by Crippen LogP contribution is 2.30. The Labute approximate surface area is 101 Å². The highest BCUT2D eigenvalue weighted by molar-refractivity contribution is 5.44. The van der Waals surface area contributed by atoms with Crippen LogP contribution in [0.3, 0.4) is 0 Å². The first-order chi connectivity index (χ1) is 7.77. The van der Waals surface area contributed by atoms with Gasteiger partial charge in [-0.1, -0.05) is 0 Å². The van der Waals surface area contributed by atoms with E-state index >= 15 is 0 Å². The average Bonchev–Trinajstić information content (AvgIpc) is 2.12. The van der Waals surface area contributed by atoms with Crippen LogP contribution in [0.15, 0.2) is 17.1 Å². The number of aromatic amines is 1. The fourth-order valence-electron chi connectivity index (χ4n) is 2.51. The summed E-state index contributed by atoms with van der Waals surface area (Å²) in [4.78, 5) is 13.4. The van der Waals surface area contributed by atoms with Crippen LogP contribution in [0.2, 0.25) is 0 Å². The minimum Gasteiger partial charge on any atom is -0.366 e. The Hall–Kier alpha value is -1.36. The van der Waals surface area contributed by atoms with Gasteiger partial charge in [-0.25, -0.2) is 5.10 Å². The number of nitrogens with one attached hydrogen (secondary N) is 1. The van der Waals surface area contributed by atoms with Crippen molar-refractivity contribution in [2.45, 2.75) is 38.9 Å². The SMILES string of the molecule is CC1(C)CN(c2cn[nH]c(=O)c2)CC(C)(C)O1. The van der Waals surface area contributed by atoms with Crippen LogP contribution in [0.4, 0.5) is 5.69 Å². The molecule has 0 saturated carbocycles. The third kappa shape index (κ3) is 2.85. The monoisotopic (exact) mass is 237 g/mol. The van der Waals surface area contributed by atoms with Crippen molar-refractivity contribution in [1.29, 1.82) is 0 Å². The number of nitrogens with zero attached hydrogens (tertiary/aromatic N) is 2. The van der Waals surface area contributed by atoms with Gasteiger partial charge >= 0.3 is 0 Å². The van der Waals surface area contributed by atoms with Gasteiger partial charge in [0, 0.05) is 19.2 Å². The topological polar surface area (TPSA) is 58.2 Å². The van der Waals surface area contributed by atoms with Gasteiger partial charge in [0.25, 0.3) is 5.56 Å². The van der Waals surface area contributed by atoms with Crippen molar-refractivity contribution >= 4 is 5.69 Å². The van der Waals surface area contributed by atoms with Gasteiger partial charge in [-0.2, -0.15) is 5.10 Å². The summed E-state index contributed by atoms with van der Waals surface area (Å²) in [6.45, 7) is 9.73. The fourth-order valence-corrected chi connectivity index (χ4v) is 2.51. The van der Waals surface area contributed by atoms with Crippen molar-refractivity contribution in [3.63, 3.8) is 0 Å². The Balaban J connectivity index is 2.30. The Kier molecular flexibility index (Phi) is 2.73. The molecule has 0 bridgehead atoms. The van der Waals surface area contributed by atoms with E-state index < -0.39 is 0 Å². The largest absolute Gasteiger partial charge is 0.366 e. The van der Waals surface area contributed by atoms with Crippen LogP contribution in [0, 0.1) is 0 Å². The number of H-pyrrole nitrogens is 1. The second kappa shape index (κ2) is 3.84. The maximum absolute atomic E-state index is 11.3. The molecule has 5 heteroatoms. The summed E-state index contributed by atoms with van der Waals surface area (Å²) in [5.41, 5.74) is 0.206. The van der Waals surface area contributed by atoms with Crippen molar-refractivity contribution < 1.29 is 4.74 Å². The molecule has 0 atom stereocenters. The average molecular weight is 237 g/mol. The fraction of sp³-hybridized carbons (Fsp3) is 0.667. The summed E-state index contributed by atoms with van der Waals surface area (Å²) in [5, 5.41) is 6.22. The number of ether oxygens (including phenoxy) is 1. The molecule has 0 spiro atoms. The van der Waals surface area contributed by atoms with E-state index in [1.807, 2.05) is 0 Å². The van der Waals surface area contributed by atoms with E-state index in [1.54, 1.807) is 12.3 Å². The van der Waals surface area contributed by atoms with E-state index in [0.717, 1.165) is 18.8 Å². The summed E-state index contributed by atoms with van der Waals surface area (Å²) >= 11 is 0. The van der Waals surface area contributed by atoms with Gasteiger partial charge in [-0.3, -0.25) is 4.79 Å². The molecule has 1 aliphatic rings. The predicted octanol–water partition coefficient (Wildman–Crippen LogP) is 1.16. The molecule has 0 radical (unpaired) electrons. The number of morpholine rings is 1. The first-order valence-corrected chi connectivity index (χ1v) is 5.77. The number of aromatic nitrogens is 2. The second-order valence-electron chi connectivity index (χ2n) is 5.78. The zero-order valence-corrected chi connectivity index (χ0v) is 10.8. The van der Waals surface area contributed by atoms with E-state index in [0.29, 0.717) is 0 Å². The van der Waals surface area contributed by atoms with E-state index in [2.05, 4.69) is 42.8 Å². The molecule has 1 aromatic heterocycles. The summed E-state index contributed by atoms with van der Waals surface area (Å²) in [6, 6.07) is 1.57. The van der Waals surface area contributed by atoms with Crippen LogP contribution in [-0.4, -0.2) is 34.5 Å². The summed E-state index contributed by atoms with van der Waals surface area (Å²) < 4.78 is 6.00. The summed E-state index contributed by atoms with van der Waals surface area (Å²) in [5.74, 6) is 0. The van der Waals surface area contributed by atoms with Crippen LogP contribution in [0.25, 0.3) is 0 Å². The molecule has 94 valence electrons. The Morgan fingerprint density at radius 1 is 1.29 bits per heavy atom. The van der Waals surface area contributed by atoms with Crippen LogP contribution in [0.5, 0.6) is 0 Å². The molecule has 1 saturated heterocycles. The zero-order chi connectivity index (χ0) is 12.7. The lowest BCUT2D eigenvalue weighted by Crippen LogP contribution is -2.57. The summed E-state index contributed by atoms with van der Waals surface area (Å²) in [6.07, 6.45) is 1.68. The van der Waals surface area contributed by atoms with Gasteiger partial charge in [0.1, 0.15) is 0 Å². The van der Waals surface area contributed by atoms with Crippen molar-refractivity contribution in [2.24, 2.45) is 0 Å². The molecular weight excluding hydrogens is 218 g/mol. The van der Waals surface area contributed by atoms with Gasteiger partial charge < -0.3 is 9.64 Å². The summed E-state index contributed by atoms with van der Waals surface area (Å²) in [7, 11) is 0. The first-order valence-electron chi connectivity index (χ1n) is 5.77. The number of hydrogen-bond donors (Lipinski definition) is 1. The lowest BCUT2D eigenvalue weighted by atomic mass is 9.98. The lowest BCUT2D eigenvalue weighted by molar-refractivity contribution is -0.133. The zero-order valence-electron chi connectivity index (χ0n) is 10.8. The number of rotatable bonds is 1.